The standard InChI is InChI=1S/C36H44N2O5/c1-25-33(23-38-19-6-4-3-5-7-20-38)42-36(43-35(25)29-15-13-28(24-39)14-16-29)30-17-11-27(12-18-30)21-34(41)37-32-10-8-9-31(22-32)26(2)40/h8-18,22,25,33,35-36,39H,3-7,19-21,23-24H2,1-2H3,(H,37,41). The van der Waals surface area contributed by atoms with Crippen LogP contribution in [-0.2, 0) is 27.3 Å². The number of anilines is 1. The summed E-state index contributed by atoms with van der Waals surface area (Å²) in [6.07, 6.45) is 5.89. The molecule has 0 aromatic heterocycles. The van der Waals surface area contributed by atoms with Crippen molar-refractivity contribution >= 4 is 17.4 Å². The van der Waals surface area contributed by atoms with Gasteiger partial charge in [-0.3, -0.25) is 9.59 Å². The molecule has 0 saturated carbocycles. The quantitative estimate of drug-likeness (QED) is 0.275. The lowest BCUT2D eigenvalue weighted by Crippen LogP contribution is -2.45. The molecule has 1 amide bonds. The lowest BCUT2D eigenvalue weighted by atomic mass is 9.89. The van der Waals surface area contributed by atoms with Crippen LogP contribution in [0.4, 0.5) is 5.69 Å². The summed E-state index contributed by atoms with van der Waals surface area (Å²) in [6.45, 7) is 6.81. The first kappa shape index (κ1) is 31.1. The fourth-order valence-electron chi connectivity index (χ4n) is 6.08. The van der Waals surface area contributed by atoms with E-state index in [4.69, 9.17) is 9.47 Å². The van der Waals surface area contributed by atoms with Crippen LogP contribution in [0.2, 0.25) is 0 Å². The Bertz CT molecular complexity index is 1350. The molecule has 4 atom stereocenters. The number of carbonyl (C=O) groups is 2. The molecular formula is C36H44N2O5. The van der Waals surface area contributed by atoms with Gasteiger partial charge >= 0.3 is 0 Å². The number of aliphatic hydroxyl groups is 1. The first-order valence-electron chi connectivity index (χ1n) is 15.6. The average Bonchev–Trinajstić information content (AvgIpc) is 3.00. The minimum atomic E-state index is -0.532. The molecule has 5 rings (SSSR count). The molecular weight excluding hydrogens is 540 g/mol. The molecule has 4 unspecified atom stereocenters. The zero-order chi connectivity index (χ0) is 30.2. The summed E-state index contributed by atoms with van der Waals surface area (Å²) in [5.74, 6) is -0.0416. The molecule has 2 fully saturated rings. The van der Waals surface area contributed by atoms with Gasteiger partial charge in [-0.1, -0.05) is 86.8 Å². The maximum absolute atomic E-state index is 12.7. The van der Waals surface area contributed by atoms with Gasteiger partial charge in [0.25, 0.3) is 0 Å². The van der Waals surface area contributed by atoms with Crippen molar-refractivity contribution in [2.24, 2.45) is 5.92 Å². The number of ketones is 1. The van der Waals surface area contributed by atoms with Gasteiger partial charge in [-0.15, -0.1) is 0 Å². The molecule has 2 N–H and O–H groups in total. The van der Waals surface area contributed by atoms with Crippen molar-refractivity contribution in [2.45, 2.75) is 77.5 Å². The minimum absolute atomic E-state index is 0.00286. The summed E-state index contributed by atoms with van der Waals surface area (Å²) in [5, 5.41) is 12.4. The van der Waals surface area contributed by atoms with Crippen molar-refractivity contribution in [1.29, 1.82) is 0 Å². The Labute approximate surface area is 255 Å². The highest BCUT2D eigenvalue weighted by atomic mass is 16.7. The third-order valence-electron chi connectivity index (χ3n) is 8.68. The molecule has 0 aliphatic carbocycles. The Morgan fingerprint density at radius 2 is 1.51 bits per heavy atom. The number of likely N-dealkylation sites (tertiary alicyclic amines) is 1. The van der Waals surface area contributed by atoms with Crippen molar-refractivity contribution in [3.8, 4) is 0 Å². The van der Waals surface area contributed by atoms with Gasteiger partial charge in [-0.25, -0.2) is 0 Å². The Kier molecular flexibility index (Phi) is 10.8. The SMILES string of the molecule is CC(=O)c1cccc(NC(=O)Cc2ccc(C3OC(CN4CCCCCCC4)C(C)C(c4ccc(CO)cc4)O3)cc2)c1. The van der Waals surface area contributed by atoms with Gasteiger partial charge in [0.05, 0.1) is 25.2 Å². The number of amides is 1. The number of nitrogens with zero attached hydrogens (tertiary/aromatic N) is 1. The van der Waals surface area contributed by atoms with Gasteiger partial charge in [0.1, 0.15) is 0 Å². The van der Waals surface area contributed by atoms with Gasteiger partial charge in [0, 0.05) is 29.3 Å². The van der Waals surface area contributed by atoms with Crippen molar-refractivity contribution in [2.75, 3.05) is 25.0 Å². The second-order valence-electron chi connectivity index (χ2n) is 12.0. The Balaban J connectivity index is 1.29. The number of nitrogens with one attached hydrogen (secondary N) is 1. The lowest BCUT2D eigenvalue weighted by Gasteiger charge is -2.43. The van der Waals surface area contributed by atoms with E-state index in [0.717, 1.165) is 41.9 Å². The minimum Gasteiger partial charge on any atom is -0.392 e. The fourth-order valence-corrected chi connectivity index (χ4v) is 6.08. The maximum atomic E-state index is 12.7. The number of hydrogen-bond acceptors (Lipinski definition) is 6. The van der Waals surface area contributed by atoms with Gasteiger partial charge in [0.2, 0.25) is 5.91 Å². The topological polar surface area (TPSA) is 88.1 Å². The first-order valence-corrected chi connectivity index (χ1v) is 15.6. The Morgan fingerprint density at radius 3 is 2.19 bits per heavy atom. The van der Waals surface area contributed by atoms with E-state index < -0.39 is 6.29 Å². The van der Waals surface area contributed by atoms with Crippen LogP contribution in [0.3, 0.4) is 0 Å². The molecule has 2 aliphatic heterocycles. The van der Waals surface area contributed by atoms with E-state index >= 15 is 0 Å². The highest BCUT2D eigenvalue weighted by Gasteiger charge is 2.39. The number of carbonyl (C=O) groups excluding carboxylic acids is 2. The predicted octanol–water partition coefficient (Wildman–Crippen LogP) is 6.62. The average molecular weight is 585 g/mol. The van der Waals surface area contributed by atoms with Crippen molar-refractivity contribution in [1.82, 2.24) is 4.90 Å². The van der Waals surface area contributed by atoms with E-state index in [0.29, 0.717) is 11.3 Å². The monoisotopic (exact) mass is 584 g/mol. The molecule has 0 spiro atoms. The molecule has 0 radical (unpaired) electrons. The van der Waals surface area contributed by atoms with Crippen LogP contribution >= 0.6 is 0 Å². The molecule has 7 heteroatoms. The molecule has 3 aromatic carbocycles. The number of hydrogen-bond donors (Lipinski definition) is 2. The molecule has 2 aliphatic rings. The van der Waals surface area contributed by atoms with Crippen LogP contribution in [0.5, 0.6) is 0 Å². The molecule has 2 heterocycles. The lowest BCUT2D eigenvalue weighted by molar-refractivity contribution is -0.276. The largest absolute Gasteiger partial charge is 0.392 e. The van der Waals surface area contributed by atoms with E-state index in [-0.39, 0.29) is 42.8 Å². The van der Waals surface area contributed by atoms with Gasteiger partial charge < -0.3 is 24.8 Å². The van der Waals surface area contributed by atoms with Crippen LogP contribution in [0.15, 0.2) is 72.8 Å². The molecule has 7 nitrogen and oxygen atoms in total. The second kappa shape index (κ2) is 14.9. The molecule has 0 bridgehead atoms. The highest BCUT2D eigenvalue weighted by Crippen LogP contribution is 2.42. The highest BCUT2D eigenvalue weighted by molar-refractivity contribution is 5.97. The Morgan fingerprint density at radius 1 is 0.860 bits per heavy atom. The van der Waals surface area contributed by atoms with E-state index in [1.807, 2.05) is 36.4 Å². The summed E-state index contributed by atoms with van der Waals surface area (Å²) < 4.78 is 13.3. The predicted molar refractivity (Wildman–Crippen MR) is 168 cm³/mol. The number of Topliss-reactive ketones (excluding diaryl/α,β-unsaturated/α-hetero) is 1. The smallest absolute Gasteiger partial charge is 0.228 e. The van der Waals surface area contributed by atoms with Crippen molar-refractivity contribution < 1.29 is 24.2 Å². The number of benzene rings is 3. The molecule has 2 saturated heterocycles. The number of aliphatic hydroxyl groups excluding tert-OH is 1. The summed E-state index contributed by atoms with van der Waals surface area (Å²) in [4.78, 5) is 27.0. The number of ether oxygens (including phenoxy) is 2. The zero-order valence-corrected chi connectivity index (χ0v) is 25.3. The molecule has 43 heavy (non-hydrogen) atoms. The van der Waals surface area contributed by atoms with Crippen LogP contribution in [-0.4, -0.2) is 47.4 Å². The van der Waals surface area contributed by atoms with Crippen molar-refractivity contribution in [3.63, 3.8) is 0 Å². The second-order valence-corrected chi connectivity index (χ2v) is 12.0. The molecule has 3 aromatic rings. The zero-order valence-electron chi connectivity index (χ0n) is 25.3. The van der Waals surface area contributed by atoms with E-state index in [1.165, 1.54) is 39.0 Å². The van der Waals surface area contributed by atoms with Gasteiger partial charge in [-0.2, -0.15) is 0 Å². The van der Waals surface area contributed by atoms with Gasteiger partial charge in [-0.05, 0) is 61.7 Å². The first-order chi connectivity index (χ1) is 20.9. The third kappa shape index (κ3) is 8.39. The third-order valence-corrected chi connectivity index (χ3v) is 8.68. The summed E-state index contributed by atoms with van der Waals surface area (Å²) in [6, 6.07) is 22.9. The fraction of sp³-hybridized carbons (Fsp3) is 0.444. The molecule has 228 valence electrons. The van der Waals surface area contributed by atoms with Crippen molar-refractivity contribution in [3.05, 3.63) is 101 Å². The van der Waals surface area contributed by atoms with Crippen LogP contribution < -0.4 is 5.32 Å². The van der Waals surface area contributed by atoms with Gasteiger partial charge in [0.15, 0.2) is 12.1 Å². The van der Waals surface area contributed by atoms with Crippen LogP contribution in [0.25, 0.3) is 0 Å². The maximum Gasteiger partial charge on any atom is 0.228 e. The van der Waals surface area contributed by atoms with Crippen LogP contribution in [0.1, 0.15) is 91.0 Å². The van der Waals surface area contributed by atoms with Crippen LogP contribution in [0, 0.1) is 5.92 Å². The van der Waals surface area contributed by atoms with E-state index in [2.05, 4.69) is 29.3 Å². The normalized spacial score (nSPS) is 23.2. The Hall–Kier alpha value is -3.36. The summed E-state index contributed by atoms with van der Waals surface area (Å²) in [7, 11) is 0. The van der Waals surface area contributed by atoms with E-state index in [9.17, 15) is 14.7 Å². The number of rotatable bonds is 9. The van der Waals surface area contributed by atoms with E-state index in [1.54, 1.807) is 24.3 Å². The summed E-state index contributed by atoms with van der Waals surface area (Å²) in [5.41, 5.74) is 4.93. The summed E-state index contributed by atoms with van der Waals surface area (Å²) >= 11 is 0.